The molecule has 250 valence electrons. The first-order valence-corrected chi connectivity index (χ1v) is 23.1. The first-order valence-electron chi connectivity index (χ1n) is 15.7. The van der Waals surface area contributed by atoms with Gasteiger partial charge in [0.2, 0.25) is 0 Å². The molecule has 3 aromatic rings. The Morgan fingerprint density at radius 2 is 1.15 bits per heavy atom. The van der Waals surface area contributed by atoms with E-state index in [9.17, 15) is 14.4 Å². The number of esters is 2. The summed E-state index contributed by atoms with van der Waals surface area (Å²) in [6.45, 7) is 22.1. The van der Waals surface area contributed by atoms with Gasteiger partial charge in [0.25, 0.3) is 0 Å². The Hall–Kier alpha value is -3.90. The maximum Gasteiger partial charge on any atom is 0.411 e. The number of nitrogens with one attached hydrogen (secondary N) is 1. The van der Waals surface area contributed by atoms with Crippen molar-refractivity contribution in [2.75, 3.05) is 24.3 Å². The third-order valence-electron chi connectivity index (χ3n) is 7.02. The smallest absolute Gasteiger partial charge is 0.411 e. The first kappa shape index (κ1) is 38.3. The van der Waals surface area contributed by atoms with E-state index in [0.29, 0.717) is 35.7 Å². The number of rotatable bonds is 11. The minimum atomic E-state index is -1.30. The van der Waals surface area contributed by atoms with Crippen LogP contribution in [0.2, 0.25) is 51.4 Å². The van der Waals surface area contributed by atoms with Gasteiger partial charge in [0.05, 0.1) is 30.0 Å². The molecule has 0 saturated carbocycles. The predicted molar refractivity (Wildman–Crippen MR) is 193 cm³/mol. The fraction of sp³-hybridized carbons (Fsp3) is 0.417. The van der Waals surface area contributed by atoms with E-state index in [2.05, 4.69) is 44.6 Å². The number of aryl methyl sites for hydroxylation is 4. The van der Waals surface area contributed by atoms with Crippen molar-refractivity contribution in [2.24, 2.45) is 0 Å². The molecule has 0 fully saturated rings. The minimum Gasteiger partial charge on any atom is -0.462 e. The molecule has 0 spiro atoms. The Kier molecular flexibility index (Phi) is 14.3. The van der Waals surface area contributed by atoms with E-state index in [-0.39, 0.29) is 12.6 Å². The summed E-state index contributed by atoms with van der Waals surface area (Å²) in [7, 11) is -2.47. The van der Waals surface area contributed by atoms with Gasteiger partial charge in [-0.15, -0.1) is 0 Å². The molecule has 0 aliphatic rings. The average Bonchev–Trinajstić information content (AvgIpc) is 2.90. The Morgan fingerprint density at radius 1 is 0.674 bits per heavy atom. The van der Waals surface area contributed by atoms with Gasteiger partial charge in [-0.25, -0.2) is 14.4 Å². The van der Waals surface area contributed by atoms with Crippen molar-refractivity contribution in [3.8, 4) is 0 Å². The zero-order valence-corrected chi connectivity index (χ0v) is 31.3. The molecule has 3 N–H and O–H groups in total. The normalized spacial score (nSPS) is 11.2. The van der Waals surface area contributed by atoms with Gasteiger partial charge in [-0.2, -0.15) is 0 Å². The number of hydrogen-bond acceptors (Lipinski definition) is 7. The summed E-state index contributed by atoms with van der Waals surface area (Å²) < 4.78 is 16.1. The highest BCUT2D eigenvalue weighted by Gasteiger charge is 2.21. The quantitative estimate of drug-likeness (QED) is 0.0910. The largest absolute Gasteiger partial charge is 0.462 e. The Morgan fingerprint density at radius 3 is 1.65 bits per heavy atom. The molecule has 0 unspecified atom stereocenters. The van der Waals surface area contributed by atoms with E-state index in [0.717, 1.165) is 39.9 Å². The topological polar surface area (TPSA) is 117 Å². The van der Waals surface area contributed by atoms with Gasteiger partial charge in [0.15, 0.2) is 0 Å². The van der Waals surface area contributed by atoms with Crippen LogP contribution < -0.4 is 11.1 Å². The Labute approximate surface area is 277 Å². The van der Waals surface area contributed by atoms with Gasteiger partial charge in [0, 0.05) is 21.8 Å². The van der Waals surface area contributed by atoms with Crippen molar-refractivity contribution >= 4 is 45.6 Å². The van der Waals surface area contributed by atoms with Gasteiger partial charge in [-0.1, -0.05) is 81.7 Å². The number of hydrogen-bond donors (Lipinski definition) is 2. The number of ether oxygens (including phenoxy) is 3. The molecule has 8 nitrogen and oxygen atoms in total. The molecule has 0 atom stereocenters. The summed E-state index contributed by atoms with van der Waals surface area (Å²) in [6.07, 6.45) is -0.606. The molecule has 46 heavy (non-hydrogen) atoms. The molecule has 0 saturated heterocycles. The van der Waals surface area contributed by atoms with E-state index in [1.165, 1.54) is 0 Å². The molecule has 1 amide bonds. The van der Waals surface area contributed by atoms with Crippen LogP contribution in [0, 0.1) is 27.7 Å². The summed E-state index contributed by atoms with van der Waals surface area (Å²) in [5.41, 5.74) is 12.2. The highest BCUT2D eigenvalue weighted by Crippen LogP contribution is 2.24. The fourth-order valence-corrected chi connectivity index (χ4v) is 5.96. The highest BCUT2D eigenvalue weighted by molar-refractivity contribution is 6.76. The second kappa shape index (κ2) is 17.1. The van der Waals surface area contributed by atoms with Crippen molar-refractivity contribution in [1.82, 2.24) is 0 Å². The van der Waals surface area contributed by atoms with Crippen LogP contribution in [0.5, 0.6) is 0 Å². The van der Waals surface area contributed by atoms with E-state index in [1.54, 1.807) is 6.07 Å². The average molecular weight is 665 g/mol. The fourth-order valence-electron chi connectivity index (χ4n) is 4.53. The van der Waals surface area contributed by atoms with Crippen LogP contribution in [0.3, 0.4) is 0 Å². The minimum absolute atomic E-state index is 0.160. The lowest BCUT2D eigenvalue weighted by Crippen LogP contribution is -2.23. The number of amides is 1. The van der Waals surface area contributed by atoms with E-state index >= 15 is 0 Å². The Balaban J connectivity index is 0.000000353. The molecule has 10 heteroatoms. The van der Waals surface area contributed by atoms with Crippen LogP contribution in [-0.2, 0) is 20.8 Å². The number of benzene rings is 3. The SMILES string of the molecule is Cc1cc(C)c(C(=O)OCC[Si](C)(C)C)c(N)c1.Cc1cc(C)c(C(=O)OCC[Si](C)(C)C)c(NC(=O)OCc2ccccc2)c1. The van der Waals surface area contributed by atoms with Crippen LogP contribution in [0.1, 0.15) is 48.5 Å². The second-order valence-electron chi connectivity index (χ2n) is 14.1. The van der Waals surface area contributed by atoms with Crippen LogP contribution in [0.25, 0.3) is 0 Å². The molecule has 0 bridgehead atoms. The maximum atomic E-state index is 12.6. The van der Waals surface area contributed by atoms with E-state index in [4.69, 9.17) is 19.9 Å². The molecular formula is C36H52N2O6Si2. The highest BCUT2D eigenvalue weighted by atomic mass is 28.3. The summed E-state index contributed by atoms with van der Waals surface area (Å²) in [4.78, 5) is 36.9. The number of anilines is 2. The van der Waals surface area contributed by atoms with Crippen molar-refractivity contribution in [1.29, 1.82) is 0 Å². The molecule has 0 aliphatic carbocycles. The molecule has 3 rings (SSSR count). The first-order chi connectivity index (χ1) is 21.4. The van der Waals surface area contributed by atoms with Crippen molar-refractivity contribution < 1.29 is 28.6 Å². The molecule has 0 aliphatic heterocycles. The number of carbonyl (C=O) groups excluding carboxylic acids is 3. The summed E-state index contributed by atoms with van der Waals surface area (Å²) in [5, 5.41) is 2.70. The lowest BCUT2D eigenvalue weighted by molar-refractivity contribution is 0.0515. The van der Waals surface area contributed by atoms with Crippen LogP contribution in [0.4, 0.5) is 16.2 Å². The maximum absolute atomic E-state index is 12.6. The zero-order chi connectivity index (χ0) is 34.7. The number of nitrogen functional groups attached to an aromatic ring is 1. The third-order valence-corrected chi connectivity index (χ3v) is 10.4. The Bertz CT molecular complexity index is 1470. The monoisotopic (exact) mass is 664 g/mol. The van der Waals surface area contributed by atoms with Crippen molar-refractivity contribution in [3.05, 3.63) is 93.5 Å². The van der Waals surface area contributed by atoms with E-state index < -0.39 is 28.2 Å². The molecule has 0 radical (unpaired) electrons. The summed E-state index contributed by atoms with van der Waals surface area (Å²) >= 11 is 0. The van der Waals surface area contributed by atoms with Gasteiger partial charge < -0.3 is 19.9 Å². The van der Waals surface area contributed by atoms with Crippen molar-refractivity contribution in [3.63, 3.8) is 0 Å². The van der Waals surface area contributed by atoms with Gasteiger partial charge in [-0.05, 0) is 79.7 Å². The third kappa shape index (κ3) is 13.6. The van der Waals surface area contributed by atoms with Crippen LogP contribution in [0.15, 0.2) is 54.6 Å². The van der Waals surface area contributed by atoms with Crippen LogP contribution >= 0.6 is 0 Å². The lowest BCUT2D eigenvalue weighted by Gasteiger charge is -2.17. The van der Waals surface area contributed by atoms with Gasteiger partial charge >= 0.3 is 18.0 Å². The number of nitrogens with two attached hydrogens (primary N) is 1. The zero-order valence-electron chi connectivity index (χ0n) is 29.3. The van der Waals surface area contributed by atoms with E-state index in [1.807, 2.05) is 76.2 Å². The predicted octanol–water partition coefficient (Wildman–Crippen LogP) is 8.93. The van der Waals surface area contributed by atoms with Crippen molar-refractivity contribution in [2.45, 2.75) is 85.7 Å². The molecule has 3 aromatic carbocycles. The molecular weight excluding hydrogens is 613 g/mol. The van der Waals surface area contributed by atoms with Crippen LogP contribution in [-0.4, -0.2) is 47.4 Å². The standard InChI is InChI=1S/C22H29NO4Si.C14H23NO2Si/c1-16-13-17(2)20(21(24)26-11-12-28(3,4)5)19(14-16)23-22(25)27-15-18-9-7-6-8-10-18;1-10-8-11(2)13(12(15)9-10)14(16)17-6-7-18(3,4)5/h6-10,13-14H,11-12,15H2,1-5H3,(H,23,25);8-9H,6-7,15H2,1-5H3. The summed E-state index contributed by atoms with van der Waals surface area (Å²) in [5.74, 6) is -0.725. The number of carbonyl (C=O) groups is 3. The summed E-state index contributed by atoms with van der Waals surface area (Å²) in [6, 6.07) is 18.7. The van der Waals surface area contributed by atoms with Gasteiger partial charge in [0.1, 0.15) is 6.61 Å². The second-order valence-corrected chi connectivity index (χ2v) is 25.4. The van der Waals surface area contributed by atoms with Gasteiger partial charge in [-0.3, -0.25) is 5.32 Å². The molecule has 0 heterocycles. The lowest BCUT2D eigenvalue weighted by atomic mass is 10.0. The molecule has 0 aromatic heterocycles.